The van der Waals surface area contributed by atoms with Crippen LogP contribution in [0.25, 0.3) is 0 Å². The minimum Gasteiger partial charge on any atom is -0.481 e. The Bertz CT molecular complexity index is 475. The lowest BCUT2D eigenvalue weighted by atomic mass is 10.1. The molecule has 1 aliphatic rings. The molecule has 1 aliphatic heterocycles. The third kappa shape index (κ3) is 2.76. The van der Waals surface area contributed by atoms with E-state index in [9.17, 15) is 14.7 Å². The third-order valence-corrected chi connectivity index (χ3v) is 3.61. The topological polar surface area (TPSA) is 60.9 Å². The van der Waals surface area contributed by atoms with Crippen molar-refractivity contribution >= 4 is 17.6 Å². The molecule has 102 valence electrons. The van der Waals surface area contributed by atoms with Crippen molar-refractivity contribution in [3.05, 3.63) is 30.3 Å². The summed E-state index contributed by atoms with van der Waals surface area (Å²) in [5.74, 6) is -1.49. The molecule has 0 bridgehead atoms. The SMILES string of the molecule is CC1C(=O)N(c2ccccc2)CC(C(=O)O)CN1C. The number of rotatable bonds is 2. The summed E-state index contributed by atoms with van der Waals surface area (Å²) in [5, 5.41) is 9.25. The molecular weight excluding hydrogens is 244 g/mol. The summed E-state index contributed by atoms with van der Waals surface area (Å²) in [6, 6.07) is 8.90. The number of hydrogen-bond acceptors (Lipinski definition) is 3. The number of benzene rings is 1. The van der Waals surface area contributed by atoms with Crippen LogP contribution >= 0.6 is 0 Å². The molecule has 1 heterocycles. The largest absolute Gasteiger partial charge is 0.481 e. The molecule has 1 N–H and O–H groups in total. The highest BCUT2D eigenvalue weighted by Gasteiger charge is 2.35. The van der Waals surface area contributed by atoms with Crippen LogP contribution in [-0.4, -0.2) is 48.1 Å². The predicted molar refractivity (Wildman–Crippen MR) is 72.0 cm³/mol. The molecule has 5 heteroatoms. The molecule has 0 aromatic heterocycles. The van der Waals surface area contributed by atoms with Crippen LogP contribution in [0.5, 0.6) is 0 Å². The summed E-state index contributed by atoms with van der Waals surface area (Å²) in [6.07, 6.45) is 0. The summed E-state index contributed by atoms with van der Waals surface area (Å²) < 4.78 is 0. The van der Waals surface area contributed by atoms with Crippen LogP contribution < -0.4 is 4.90 Å². The summed E-state index contributed by atoms with van der Waals surface area (Å²) in [7, 11) is 1.78. The Morgan fingerprint density at radius 2 is 1.89 bits per heavy atom. The van der Waals surface area contributed by atoms with Crippen molar-refractivity contribution in [3.63, 3.8) is 0 Å². The fourth-order valence-electron chi connectivity index (χ4n) is 2.28. The van der Waals surface area contributed by atoms with Crippen LogP contribution in [-0.2, 0) is 9.59 Å². The molecule has 0 spiro atoms. The van der Waals surface area contributed by atoms with Crippen LogP contribution in [0, 0.1) is 5.92 Å². The van der Waals surface area contributed by atoms with Gasteiger partial charge in [0.15, 0.2) is 0 Å². The zero-order chi connectivity index (χ0) is 14.0. The first kappa shape index (κ1) is 13.5. The first-order valence-electron chi connectivity index (χ1n) is 6.30. The normalized spacial score (nSPS) is 25.2. The van der Waals surface area contributed by atoms with Gasteiger partial charge in [-0.3, -0.25) is 14.5 Å². The van der Waals surface area contributed by atoms with E-state index in [1.165, 1.54) is 0 Å². The molecule has 0 radical (unpaired) electrons. The summed E-state index contributed by atoms with van der Waals surface area (Å²) in [4.78, 5) is 27.1. The standard InChI is InChI=1S/C14H18N2O3/c1-10-13(17)16(12-6-4-3-5-7-12)9-11(14(18)19)8-15(10)2/h3-7,10-11H,8-9H2,1-2H3,(H,18,19). The van der Waals surface area contributed by atoms with Crippen LogP contribution in [0.4, 0.5) is 5.69 Å². The molecule has 2 atom stereocenters. The number of likely N-dealkylation sites (N-methyl/N-ethyl adjacent to an activating group) is 1. The van der Waals surface area contributed by atoms with Crippen LogP contribution in [0.15, 0.2) is 30.3 Å². The summed E-state index contributed by atoms with van der Waals surface area (Å²) in [5.41, 5.74) is 0.751. The van der Waals surface area contributed by atoms with Crippen molar-refractivity contribution in [2.75, 3.05) is 25.0 Å². The lowest BCUT2D eigenvalue weighted by Crippen LogP contribution is -2.42. The van der Waals surface area contributed by atoms with Gasteiger partial charge in [0.05, 0.1) is 12.0 Å². The van der Waals surface area contributed by atoms with E-state index in [1.807, 2.05) is 37.3 Å². The van der Waals surface area contributed by atoms with Gasteiger partial charge in [-0.1, -0.05) is 18.2 Å². The summed E-state index contributed by atoms with van der Waals surface area (Å²) in [6.45, 7) is 2.40. The minimum atomic E-state index is -0.866. The number of amides is 1. The average Bonchev–Trinajstić information content (AvgIpc) is 2.52. The van der Waals surface area contributed by atoms with Gasteiger partial charge in [-0.2, -0.15) is 0 Å². The van der Waals surface area contributed by atoms with Crippen molar-refractivity contribution in [2.24, 2.45) is 5.92 Å². The van der Waals surface area contributed by atoms with Crippen molar-refractivity contribution in [1.82, 2.24) is 4.90 Å². The molecule has 1 amide bonds. The third-order valence-electron chi connectivity index (χ3n) is 3.61. The molecule has 1 fully saturated rings. The van der Waals surface area contributed by atoms with Gasteiger partial charge in [-0.05, 0) is 26.1 Å². The van der Waals surface area contributed by atoms with Gasteiger partial charge in [0.2, 0.25) is 5.91 Å². The van der Waals surface area contributed by atoms with Gasteiger partial charge in [0, 0.05) is 18.8 Å². The van der Waals surface area contributed by atoms with Gasteiger partial charge >= 0.3 is 5.97 Å². The van der Waals surface area contributed by atoms with E-state index in [0.29, 0.717) is 6.54 Å². The van der Waals surface area contributed by atoms with Crippen molar-refractivity contribution < 1.29 is 14.7 Å². The van der Waals surface area contributed by atoms with Gasteiger partial charge in [-0.25, -0.2) is 0 Å². The Kier molecular flexibility index (Phi) is 3.85. The number of carboxylic acids is 1. The highest BCUT2D eigenvalue weighted by atomic mass is 16.4. The first-order chi connectivity index (χ1) is 9.00. The zero-order valence-electron chi connectivity index (χ0n) is 11.1. The Balaban J connectivity index is 2.34. The predicted octanol–water partition coefficient (Wildman–Crippen LogP) is 1.05. The van der Waals surface area contributed by atoms with E-state index < -0.39 is 11.9 Å². The number of carbonyl (C=O) groups excluding carboxylic acids is 1. The van der Waals surface area contributed by atoms with E-state index in [4.69, 9.17) is 0 Å². The first-order valence-corrected chi connectivity index (χ1v) is 6.30. The monoisotopic (exact) mass is 262 g/mol. The molecule has 5 nitrogen and oxygen atoms in total. The average molecular weight is 262 g/mol. The number of nitrogens with zero attached hydrogens (tertiary/aromatic N) is 2. The molecule has 1 aromatic rings. The van der Waals surface area contributed by atoms with Crippen LogP contribution in [0.3, 0.4) is 0 Å². The zero-order valence-corrected chi connectivity index (χ0v) is 11.1. The Morgan fingerprint density at radius 3 is 2.47 bits per heavy atom. The van der Waals surface area contributed by atoms with Gasteiger partial charge in [-0.15, -0.1) is 0 Å². The Labute approximate surface area is 112 Å². The summed E-state index contributed by atoms with van der Waals surface area (Å²) >= 11 is 0. The fourth-order valence-corrected chi connectivity index (χ4v) is 2.28. The molecule has 2 rings (SSSR count). The maximum Gasteiger partial charge on any atom is 0.309 e. The Morgan fingerprint density at radius 1 is 1.26 bits per heavy atom. The van der Waals surface area contributed by atoms with E-state index in [0.717, 1.165) is 5.69 Å². The lowest BCUT2D eigenvalue weighted by molar-refractivity contribution is -0.141. The van der Waals surface area contributed by atoms with Crippen molar-refractivity contribution in [1.29, 1.82) is 0 Å². The van der Waals surface area contributed by atoms with Gasteiger partial charge in [0.25, 0.3) is 0 Å². The van der Waals surface area contributed by atoms with E-state index in [1.54, 1.807) is 16.8 Å². The number of aliphatic carboxylic acids is 1. The van der Waals surface area contributed by atoms with Crippen molar-refractivity contribution in [2.45, 2.75) is 13.0 Å². The molecular formula is C14H18N2O3. The maximum atomic E-state index is 12.4. The highest BCUT2D eigenvalue weighted by Crippen LogP contribution is 2.21. The van der Waals surface area contributed by atoms with Crippen molar-refractivity contribution in [3.8, 4) is 0 Å². The number of anilines is 1. The number of carboxylic acid groups (broad SMARTS) is 1. The molecule has 1 saturated heterocycles. The number of carbonyl (C=O) groups is 2. The smallest absolute Gasteiger partial charge is 0.309 e. The number of hydrogen-bond donors (Lipinski definition) is 1. The molecule has 0 saturated carbocycles. The van der Waals surface area contributed by atoms with Gasteiger partial charge in [0.1, 0.15) is 0 Å². The Hall–Kier alpha value is -1.88. The maximum absolute atomic E-state index is 12.4. The fraction of sp³-hybridized carbons (Fsp3) is 0.429. The lowest BCUT2D eigenvalue weighted by Gasteiger charge is -2.25. The van der Waals surface area contributed by atoms with E-state index in [2.05, 4.69) is 0 Å². The second-order valence-electron chi connectivity index (χ2n) is 4.94. The second-order valence-corrected chi connectivity index (χ2v) is 4.94. The molecule has 2 unspecified atom stereocenters. The molecule has 19 heavy (non-hydrogen) atoms. The van der Waals surface area contributed by atoms with Crippen LogP contribution in [0.2, 0.25) is 0 Å². The van der Waals surface area contributed by atoms with Crippen LogP contribution in [0.1, 0.15) is 6.92 Å². The molecule has 1 aromatic carbocycles. The quantitative estimate of drug-likeness (QED) is 0.865. The van der Waals surface area contributed by atoms with E-state index in [-0.39, 0.29) is 18.5 Å². The highest BCUT2D eigenvalue weighted by molar-refractivity contribution is 5.98. The second kappa shape index (κ2) is 5.40. The van der Waals surface area contributed by atoms with Gasteiger partial charge < -0.3 is 10.0 Å². The number of para-hydroxylation sites is 1. The molecule has 0 aliphatic carbocycles. The van der Waals surface area contributed by atoms with E-state index >= 15 is 0 Å². The minimum absolute atomic E-state index is 0.0579.